The first-order valence-electron chi connectivity index (χ1n) is 7.41. The van der Waals surface area contributed by atoms with E-state index < -0.39 is 70.6 Å². The summed E-state index contributed by atoms with van der Waals surface area (Å²) in [7, 11) is 0. The van der Waals surface area contributed by atoms with Crippen molar-refractivity contribution < 1.29 is 96.6 Å². The minimum Gasteiger partial charge on any atom is -0.226 e. The Morgan fingerprint density at radius 1 is 0.147 bits per heavy atom. The summed E-state index contributed by atoms with van der Waals surface area (Å²) in [6.45, 7) is 0. The fraction of sp³-hybridized carbons (Fsp3) is 1.00. The minimum absolute atomic E-state index is 8.41. The molecule has 34 heavy (non-hydrogen) atoms. The molecule has 22 heteroatoms. The van der Waals surface area contributed by atoms with Crippen LogP contribution >= 0.6 is 0 Å². The number of hydrogen-bond donors (Lipinski definition) is 0. The number of halogens is 22. The van der Waals surface area contributed by atoms with Crippen molar-refractivity contribution in [2.45, 2.75) is 70.6 Å². The molecule has 0 N–H and O–H groups in total. The van der Waals surface area contributed by atoms with Crippen LogP contribution in [0.1, 0.15) is 0 Å². The topological polar surface area (TPSA) is 0 Å². The summed E-state index contributed by atoms with van der Waals surface area (Å²) in [6, 6.07) is 0. The second kappa shape index (κ2) is 5.88. The average molecular weight is 562 g/mol. The van der Waals surface area contributed by atoms with Gasteiger partial charge in [-0.25, -0.2) is 8.78 Å². The lowest BCUT2D eigenvalue weighted by Crippen LogP contribution is -2.96. The minimum atomic E-state index is -9.56. The van der Waals surface area contributed by atoms with Crippen molar-refractivity contribution in [1.82, 2.24) is 0 Å². The maximum Gasteiger partial charge on any atom is 0.384 e. The van der Waals surface area contributed by atoms with E-state index in [1.807, 2.05) is 0 Å². The maximum absolute atomic E-state index is 14.6. The molecule has 2 saturated carbocycles. The summed E-state index contributed by atoms with van der Waals surface area (Å²) in [6.07, 6.45) is 0. The lowest BCUT2D eigenvalue weighted by atomic mass is 9.56. The molecule has 2 rings (SSSR count). The van der Waals surface area contributed by atoms with E-state index in [0.717, 1.165) is 0 Å². The highest BCUT2D eigenvalue weighted by atomic mass is 19.4. The number of hydrogen-bond acceptors (Lipinski definition) is 0. The molecule has 2 aliphatic rings. The van der Waals surface area contributed by atoms with Crippen molar-refractivity contribution in [3.8, 4) is 0 Å². The molecule has 0 aromatic carbocycles. The summed E-state index contributed by atoms with van der Waals surface area (Å²) < 4.78 is 298. The molecule has 0 aromatic heterocycles. The molecule has 0 nitrogen and oxygen atoms in total. The van der Waals surface area contributed by atoms with Gasteiger partial charge in [0.15, 0.2) is 0 Å². The van der Waals surface area contributed by atoms with Crippen molar-refractivity contribution in [1.29, 1.82) is 0 Å². The van der Waals surface area contributed by atoms with E-state index in [2.05, 4.69) is 0 Å². The smallest absolute Gasteiger partial charge is 0.226 e. The third-order valence-corrected chi connectivity index (χ3v) is 5.36. The van der Waals surface area contributed by atoms with E-state index in [9.17, 15) is 96.6 Å². The molecular formula is C12F22. The van der Waals surface area contributed by atoms with Crippen molar-refractivity contribution in [2.24, 2.45) is 0 Å². The van der Waals surface area contributed by atoms with Crippen molar-refractivity contribution in [3.63, 3.8) is 0 Å². The third-order valence-electron chi connectivity index (χ3n) is 5.36. The molecule has 0 heterocycles. The Bertz CT molecular complexity index is 744. The fourth-order valence-corrected chi connectivity index (χ4v) is 3.31. The molecule has 0 aromatic rings. The summed E-state index contributed by atoms with van der Waals surface area (Å²) in [4.78, 5) is 0. The van der Waals surface area contributed by atoms with Gasteiger partial charge in [0.25, 0.3) is 11.3 Å². The SMILES string of the molecule is FC1(F)C(F)(F)C(F)(F)C(F)(C2(F)C(F)(F)C(F)(F)C(F)(F)C(F)(F)C2(F)F)C(F)(F)C1(F)F. The van der Waals surface area contributed by atoms with Gasteiger partial charge < -0.3 is 0 Å². The van der Waals surface area contributed by atoms with Crippen LogP contribution in [0.4, 0.5) is 96.6 Å². The lowest BCUT2D eigenvalue weighted by Gasteiger charge is -2.61. The first-order chi connectivity index (χ1) is 14.2. The van der Waals surface area contributed by atoms with Gasteiger partial charge in [-0.3, -0.25) is 0 Å². The normalized spacial score (nSPS) is 35.8. The van der Waals surface area contributed by atoms with E-state index in [1.165, 1.54) is 0 Å². The maximum atomic E-state index is 14.6. The predicted octanol–water partition coefficient (Wildman–Crippen LogP) is 6.78. The van der Waals surface area contributed by atoms with Gasteiger partial charge >= 0.3 is 59.2 Å². The second-order valence-corrected chi connectivity index (χ2v) is 7.06. The van der Waals surface area contributed by atoms with Crippen molar-refractivity contribution >= 4 is 0 Å². The van der Waals surface area contributed by atoms with E-state index in [4.69, 9.17) is 0 Å². The molecule has 0 atom stereocenters. The Labute approximate surface area is 168 Å². The highest BCUT2D eigenvalue weighted by Crippen LogP contribution is 2.80. The Kier molecular flexibility index (Phi) is 4.96. The molecule has 0 saturated heterocycles. The molecule has 0 radical (unpaired) electrons. The van der Waals surface area contributed by atoms with Crippen LogP contribution in [0, 0.1) is 0 Å². The zero-order chi connectivity index (χ0) is 28.0. The van der Waals surface area contributed by atoms with Gasteiger partial charge in [0.1, 0.15) is 0 Å². The summed E-state index contributed by atoms with van der Waals surface area (Å²) in [5.41, 5.74) is -19.1. The highest BCUT2D eigenvalue weighted by molar-refractivity contribution is 5.40. The van der Waals surface area contributed by atoms with Crippen LogP contribution in [0.5, 0.6) is 0 Å². The zero-order valence-corrected chi connectivity index (χ0v) is 14.3. The van der Waals surface area contributed by atoms with Crippen LogP contribution in [-0.4, -0.2) is 70.6 Å². The van der Waals surface area contributed by atoms with Gasteiger partial charge in [0, 0.05) is 0 Å². The standard InChI is InChI=1S/C12F22/c13-1(3(15,16)7(23,24)11(31,32)8(25,26)4(1,17)18)2(14)5(19,20)9(27,28)12(33,34)10(29,30)6(2,21)22. The number of rotatable bonds is 1. The Morgan fingerprint density at radius 3 is 0.353 bits per heavy atom. The van der Waals surface area contributed by atoms with Crippen LogP contribution in [0.15, 0.2) is 0 Å². The van der Waals surface area contributed by atoms with Gasteiger partial charge in [0.2, 0.25) is 0 Å². The number of alkyl halides is 22. The summed E-state index contributed by atoms with van der Waals surface area (Å²) in [5.74, 6) is -88.2. The van der Waals surface area contributed by atoms with E-state index in [-0.39, 0.29) is 0 Å². The monoisotopic (exact) mass is 562 g/mol. The van der Waals surface area contributed by atoms with Crippen molar-refractivity contribution in [3.05, 3.63) is 0 Å². The Hall–Kier alpha value is -1.54. The molecule has 202 valence electrons. The molecule has 0 bridgehead atoms. The molecule has 0 unspecified atom stereocenters. The van der Waals surface area contributed by atoms with E-state index in [0.29, 0.717) is 0 Å². The van der Waals surface area contributed by atoms with Crippen LogP contribution in [0.3, 0.4) is 0 Å². The molecule has 2 fully saturated rings. The average Bonchev–Trinajstić information content (AvgIpc) is 2.63. The lowest BCUT2D eigenvalue weighted by molar-refractivity contribution is -0.552. The van der Waals surface area contributed by atoms with Gasteiger partial charge in [-0.1, -0.05) is 0 Å². The first-order valence-corrected chi connectivity index (χ1v) is 7.41. The largest absolute Gasteiger partial charge is 0.384 e. The molecule has 2 aliphatic carbocycles. The van der Waals surface area contributed by atoms with Crippen LogP contribution < -0.4 is 0 Å². The summed E-state index contributed by atoms with van der Waals surface area (Å²) in [5, 5.41) is 0. The highest BCUT2D eigenvalue weighted by Gasteiger charge is 3.14. The van der Waals surface area contributed by atoms with Crippen LogP contribution in [0.2, 0.25) is 0 Å². The zero-order valence-electron chi connectivity index (χ0n) is 14.3. The Morgan fingerprint density at radius 2 is 0.235 bits per heavy atom. The van der Waals surface area contributed by atoms with Gasteiger partial charge in [-0.05, 0) is 0 Å². The fourth-order valence-electron chi connectivity index (χ4n) is 3.31. The molecule has 0 spiro atoms. The summed E-state index contributed by atoms with van der Waals surface area (Å²) >= 11 is 0. The quantitative estimate of drug-likeness (QED) is 0.310. The first kappa shape index (κ1) is 28.7. The van der Waals surface area contributed by atoms with Crippen LogP contribution in [0.25, 0.3) is 0 Å². The van der Waals surface area contributed by atoms with Gasteiger partial charge in [0.05, 0.1) is 0 Å². The van der Waals surface area contributed by atoms with Crippen molar-refractivity contribution in [2.75, 3.05) is 0 Å². The predicted molar refractivity (Wildman–Crippen MR) is 57.1 cm³/mol. The van der Waals surface area contributed by atoms with Crippen LogP contribution in [-0.2, 0) is 0 Å². The second-order valence-electron chi connectivity index (χ2n) is 7.06. The molecule has 0 aliphatic heterocycles. The van der Waals surface area contributed by atoms with E-state index in [1.54, 1.807) is 0 Å². The van der Waals surface area contributed by atoms with Gasteiger partial charge in [-0.15, -0.1) is 0 Å². The molecular weight excluding hydrogens is 562 g/mol. The molecule has 0 amide bonds. The van der Waals surface area contributed by atoms with E-state index >= 15 is 0 Å². The Balaban J connectivity index is 3.27. The van der Waals surface area contributed by atoms with Gasteiger partial charge in [-0.2, -0.15) is 87.8 Å². The third kappa shape index (κ3) is 1.98.